The Morgan fingerprint density at radius 2 is 2.00 bits per heavy atom. The van der Waals surface area contributed by atoms with E-state index < -0.39 is 53.5 Å². The first-order chi connectivity index (χ1) is 14.1. The lowest BCUT2D eigenvalue weighted by atomic mass is 9.62. The van der Waals surface area contributed by atoms with Crippen molar-refractivity contribution in [2.24, 2.45) is 29.6 Å². The molecule has 8 nitrogen and oxygen atoms in total. The van der Waals surface area contributed by atoms with E-state index >= 15 is 0 Å². The molecular formula is C21H24BrNO7. The Hall–Kier alpha value is -1.97. The molecule has 2 N–H and O–H groups in total. The number of methoxy groups -OCH3 is 1. The zero-order chi connectivity index (χ0) is 22.0. The fourth-order valence-corrected chi connectivity index (χ4v) is 5.79. The molecule has 0 spiro atoms. The van der Waals surface area contributed by atoms with Crippen molar-refractivity contribution < 1.29 is 34.1 Å². The monoisotopic (exact) mass is 481 g/mol. The van der Waals surface area contributed by atoms with Crippen LogP contribution in [0.25, 0.3) is 0 Å². The number of fused-ring (bicyclic) bond motifs is 3. The number of nitrogens with zero attached hydrogens (tertiary/aromatic N) is 1. The van der Waals surface area contributed by atoms with Crippen molar-refractivity contribution in [2.75, 3.05) is 7.11 Å². The zero-order valence-electron chi connectivity index (χ0n) is 16.9. The molecule has 0 bridgehead atoms. The average molecular weight is 482 g/mol. The van der Waals surface area contributed by atoms with Gasteiger partial charge in [-0.05, 0) is 37.0 Å². The maximum atomic E-state index is 13.1. The van der Waals surface area contributed by atoms with Crippen LogP contribution < -0.4 is 0 Å². The van der Waals surface area contributed by atoms with Gasteiger partial charge in [-0.3, -0.25) is 9.59 Å². The molecule has 162 valence electrons. The number of amides is 3. The van der Waals surface area contributed by atoms with Crippen LogP contribution in [0.4, 0.5) is 4.79 Å². The van der Waals surface area contributed by atoms with Crippen molar-refractivity contribution in [1.82, 2.24) is 4.90 Å². The molecule has 3 amide bonds. The summed E-state index contributed by atoms with van der Waals surface area (Å²) in [4.78, 5) is 38.6. The Kier molecular flexibility index (Phi) is 5.19. The second kappa shape index (κ2) is 7.32. The summed E-state index contributed by atoms with van der Waals surface area (Å²) in [5.41, 5.74) is 0.493. The van der Waals surface area contributed by atoms with Crippen LogP contribution in [0.5, 0.6) is 5.75 Å². The number of ether oxygens (including phenoxy) is 2. The number of phenols is 1. The fourth-order valence-electron chi connectivity index (χ4n) is 5.42. The first-order valence-corrected chi connectivity index (χ1v) is 10.7. The maximum Gasteiger partial charge on any atom is 0.423 e. The number of aromatic hydroxyl groups is 1. The van der Waals surface area contributed by atoms with Gasteiger partial charge in [0.1, 0.15) is 5.75 Å². The minimum Gasteiger partial charge on any atom is -0.508 e. The summed E-state index contributed by atoms with van der Waals surface area (Å²) >= 11 is 3.38. The van der Waals surface area contributed by atoms with Gasteiger partial charge in [-0.2, -0.15) is 4.90 Å². The summed E-state index contributed by atoms with van der Waals surface area (Å²) < 4.78 is 11.5. The molecule has 3 aliphatic rings. The third-order valence-electron chi connectivity index (χ3n) is 6.78. The van der Waals surface area contributed by atoms with Gasteiger partial charge < -0.3 is 19.7 Å². The molecule has 30 heavy (non-hydrogen) atoms. The van der Waals surface area contributed by atoms with E-state index in [4.69, 9.17) is 4.74 Å². The largest absolute Gasteiger partial charge is 0.508 e. The lowest BCUT2D eigenvalue weighted by Crippen LogP contribution is -2.55. The lowest BCUT2D eigenvalue weighted by Gasteiger charge is -2.46. The first-order valence-electron chi connectivity index (χ1n) is 9.94. The van der Waals surface area contributed by atoms with Crippen molar-refractivity contribution in [3.05, 3.63) is 28.2 Å². The smallest absolute Gasteiger partial charge is 0.423 e. The second-order valence-electron chi connectivity index (χ2n) is 8.60. The van der Waals surface area contributed by atoms with E-state index in [0.29, 0.717) is 10.5 Å². The third-order valence-corrected chi connectivity index (χ3v) is 7.27. The van der Waals surface area contributed by atoms with Gasteiger partial charge in [0, 0.05) is 21.9 Å². The molecule has 9 heteroatoms. The van der Waals surface area contributed by atoms with Gasteiger partial charge in [-0.15, -0.1) is 0 Å². The van der Waals surface area contributed by atoms with Gasteiger partial charge in [0.25, 0.3) is 0 Å². The van der Waals surface area contributed by atoms with E-state index in [1.165, 1.54) is 6.07 Å². The van der Waals surface area contributed by atoms with Crippen molar-refractivity contribution in [3.63, 3.8) is 0 Å². The zero-order valence-corrected chi connectivity index (χ0v) is 18.5. The molecular weight excluding hydrogens is 458 g/mol. The SMILES string of the molecule is COC(=O)N1C(=O)[C@H]2[C@H](C[C@H](C(C)C)[C@@]3(O)O[C@H](c4cc(Br)ccc4O)C[C@@H]23)C1=O. The van der Waals surface area contributed by atoms with E-state index in [0.717, 1.165) is 11.6 Å². The van der Waals surface area contributed by atoms with Crippen molar-refractivity contribution in [3.8, 4) is 5.75 Å². The number of halogens is 1. The lowest BCUT2D eigenvalue weighted by molar-refractivity contribution is -0.276. The van der Waals surface area contributed by atoms with Gasteiger partial charge in [-0.25, -0.2) is 4.79 Å². The summed E-state index contributed by atoms with van der Waals surface area (Å²) in [5, 5.41) is 22.0. The molecule has 1 saturated carbocycles. The molecule has 0 unspecified atom stereocenters. The van der Waals surface area contributed by atoms with Crippen LogP contribution in [0.1, 0.15) is 38.4 Å². The minimum absolute atomic E-state index is 0.0214. The van der Waals surface area contributed by atoms with E-state index in [1.54, 1.807) is 12.1 Å². The third kappa shape index (κ3) is 2.98. The molecule has 2 aliphatic heterocycles. The summed E-state index contributed by atoms with van der Waals surface area (Å²) in [6.45, 7) is 3.85. The Morgan fingerprint density at radius 1 is 1.30 bits per heavy atom. The quantitative estimate of drug-likeness (QED) is 0.624. The summed E-state index contributed by atoms with van der Waals surface area (Å²) in [7, 11) is 1.11. The molecule has 1 aromatic rings. The molecule has 0 radical (unpaired) electrons. The molecule has 0 aromatic heterocycles. The number of benzene rings is 1. The van der Waals surface area contributed by atoms with E-state index in [-0.39, 0.29) is 24.5 Å². The van der Waals surface area contributed by atoms with Crippen LogP contribution in [0.15, 0.2) is 22.7 Å². The maximum absolute atomic E-state index is 13.1. The van der Waals surface area contributed by atoms with Gasteiger partial charge >= 0.3 is 6.09 Å². The van der Waals surface area contributed by atoms with Crippen molar-refractivity contribution >= 4 is 33.8 Å². The number of hydrogen-bond acceptors (Lipinski definition) is 7. The van der Waals surface area contributed by atoms with Gasteiger partial charge in [0.05, 0.1) is 25.0 Å². The van der Waals surface area contributed by atoms with Crippen LogP contribution in [0, 0.1) is 29.6 Å². The Labute approximate surface area is 182 Å². The van der Waals surface area contributed by atoms with Crippen LogP contribution in [0.3, 0.4) is 0 Å². The number of imide groups is 3. The van der Waals surface area contributed by atoms with Crippen LogP contribution in [-0.2, 0) is 19.1 Å². The number of hydrogen-bond donors (Lipinski definition) is 2. The van der Waals surface area contributed by atoms with Crippen LogP contribution in [-0.4, -0.2) is 45.9 Å². The molecule has 1 aromatic carbocycles. The number of aliphatic hydroxyl groups is 1. The summed E-state index contributed by atoms with van der Waals surface area (Å²) in [5.74, 6) is -5.63. The normalized spacial score (nSPS) is 35.5. The van der Waals surface area contributed by atoms with Crippen LogP contribution >= 0.6 is 15.9 Å². The number of carbonyl (C=O) groups is 3. The minimum atomic E-state index is -1.66. The number of phenolic OH excluding ortho intramolecular Hbond substituents is 1. The second-order valence-corrected chi connectivity index (χ2v) is 9.52. The summed E-state index contributed by atoms with van der Waals surface area (Å²) in [6, 6.07) is 4.93. The Balaban J connectivity index is 1.76. The standard InChI is InChI=1S/C21H24BrNO7/c1-9(2)13-7-12-17(19(26)23(18(12)25)20(27)29-3)14-8-16(30-21(13,14)28)11-6-10(22)4-5-15(11)24/h4-6,9,12-14,16-17,24,28H,7-8H2,1-3H3/t12-,13+,14-,16-,17-,21+/m0/s1. The fraction of sp³-hybridized carbons (Fsp3) is 0.571. The highest BCUT2D eigenvalue weighted by Gasteiger charge is 2.68. The molecule has 2 heterocycles. The van der Waals surface area contributed by atoms with E-state index in [1.807, 2.05) is 13.8 Å². The summed E-state index contributed by atoms with van der Waals surface area (Å²) in [6.07, 6.45) is -1.21. The van der Waals surface area contributed by atoms with Crippen molar-refractivity contribution in [2.45, 2.75) is 38.6 Å². The molecule has 1 aliphatic carbocycles. The Morgan fingerprint density at radius 3 is 2.63 bits per heavy atom. The first kappa shape index (κ1) is 21.3. The highest BCUT2D eigenvalue weighted by atomic mass is 79.9. The molecule has 6 atom stereocenters. The van der Waals surface area contributed by atoms with Gasteiger partial charge in [-0.1, -0.05) is 29.8 Å². The number of rotatable bonds is 2. The van der Waals surface area contributed by atoms with Crippen molar-refractivity contribution in [1.29, 1.82) is 0 Å². The van der Waals surface area contributed by atoms with E-state index in [9.17, 15) is 24.6 Å². The van der Waals surface area contributed by atoms with Gasteiger partial charge in [0.15, 0.2) is 5.79 Å². The van der Waals surface area contributed by atoms with E-state index in [2.05, 4.69) is 20.7 Å². The number of likely N-dealkylation sites (tertiary alicyclic amines) is 1. The predicted octanol–water partition coefficient (Wildman–Crippen LogP) is 2.96. The topological polar surface area (TPSA) is 113 Å². The molecule has 4 rings (SSSR count). The Bertz CT molecular complexity index is 919. The van der Waals surface area contributed by atoms with Crippen LogP contribution in [0.2, 0.25) is 0 Å². The predicted molar refractivity (Wildman–Crippen MR) is 107 cm³/mol. The van der Waals surface area contributed by atoms with Gasteiger partial charge in [0.2, 0.25) is 11.8 Å². The highest BCUT2D eigenvalue weighted by molar-refractivity contribution is 9.10. The average Bonchev–Trinajstić information content (AvgIpc) is 3.16. The molecule has 3 fully saturated rings. The number of carbonyl (C=O) groups excluding carboxylic acids is 3. The highest BCUT2D eigenvalue weighted by Crippen LogP contribution is 2.60. The molecule has 2 saturated heterocycles.